The van der Waals surface area contributed by atoms with Crippen LogP contribution in [0.3, 0.4) is 0 Å². The van der Waals surface area contributed by atoms with Crippen molar-refractivity contribution >= 4 is 11.9 Å². The van der Waals surface area contributed by atoms with Gasteiger partial charge in [0, 0.05) is 25.4 Å². The topological polar surface area (TPSA) is 77.8 Å². The van der Waals surface area contributed by atoms with E-state index >= 15 is 0 Å². The molecule has 1 saturated heterocycles. The summed E-state index contributed by atoms with van der Waals surface area (Å²) in [6.07, 6.45) is 8.15. The second kappa shape index (κ2) is 11.8. The van der Waals surface area contributed by atoms with Crippen LogP contribution in [-0.2, 0) is 16.0 Å². The summed E-state index contributed by atoms with van der Waals surface area (Å²) in [6.45, 7) is 0.761. The van der Waals surface area contributed by atoms with Crippen LogP contribution >= 0.6 is 0 Å². The van der Waals surface area contributed by atoms with Gasteiger partial charge in [-0.25, -0.2) is 0 Å². The van der Waals surface area contributed by atoms with Crippen molar-refractivity contribution in [3.05, 3.63) is 35.9 Å². The highest BCUT2D eigenvalue weighted by atomic mass is 16.4. The molecule has 0 radical (unpaired) electrons. The molecule has 150 valence electrons. The van der Waals surface area contributed by atoms with E-state index in [2.05, 4.69) is 12.1 Å². The SMILES string of the molecule is O=C(O)CCCCCCN1C(=O)CCC1CCC(O)CCc1ccccc1. The monoisotopic (exact) mass is 375 g/mol. The fraction of sp³-hybridized carbons (Fsp3) is 0.636. The predicted molar refractivity (Wildman–Crippen MR) is 105 cm³/mol. The smallest absolute Gasteiger partial charge is 0.303 e. The summed E-state index contributed by atoms with van der Waals surface area (Å²) in [4.78, 5) is 24.6. The molecule has 2 rings (SSSR count). The molecule has 2 unspecified atom stereocenters. The van der Waals surface area contributed by atoms with Gasteiger partial charge in [0.15, 0.2) is 0 Å². The second-order valence-corrected chi connectivity index (χ2v) is 7.59. The van der Waals surface area contributed by atoms with Gasteiger partial charge < -0.3 is 15.1 Å². The van der Waals surface area contributed by atoms with Crippen LogP contribution in [0.15, 0.2) is 30.3 Å². The first kappa shape index (κ1) is 21.4. The molecule has 1 aromatic carbocycles. The molecular formula is C22H33NO4. The normalized spacial score (nSPS) is 18.0. The highest BCUT2D eigenvalue weighted by Gasteiger charge is 2.30. The highest BCUT2D eigenvalue weighted by Crippen LogP contribution is 2.24. The Kier molecular flexibility index (Phi) is 9.32. The van der Waals surface area contributed by atoms with Gasteiger partial charge >= 0.3 is 5.97 Å². The number of rotatable bonds is 13. The molecule has 0 bridgehead atoms. The van der Waals surface area contributed by atoms with E-state index in [0.717, 1.165) is 57.9 Å². The van der Waals surface area contributed by atoms with Crippen molar-refractivity contribution in [1.82, 2.24) is 4.90 Å². The van der Waals surface area contributed by atoms with E-state index in [1.165, 1.54) is 5.56 Å². The zero-order valence-corrected chi connectivity index (χ0v) is 16.2. The maximum absolute atomic E-state index is 12.1. The third kappa shape index (κ3) is 8.12. The number of carbonyl (C=O) groups is 2. The lowest BCUT2D eigenvalue weighted by Gasteiger charge is -2.25. The number of aryl methyl sites for hydroxylation is 1. The van der Waals surface area contributed by atoms with Crippen LogP contribution < -0.4 is 0 Å². The molecule has 0 spiro atoms. The van der Waals surface area contributed by atoms with Gasteiger partial charge in [0.25, 0.3) is 0 Å². The van der Waals surface area contributed by atoms with Crippen molar-refractivity contribution < 1.29 is 19.8 Å². The molecule has 2 N–H and O–H groups in total. The van der Waals surface area contributed by atoms with Gasteiger partial charge in [-0.05, 0) is 50.5 Å². The van der Waals surface area contributed by atoms with Gasteiger partial charge in [0.1, 0.15) is 0 Å². The van der Waals surface area contributed by atoms with Crippen LogP contribution in [0, 0.1) is 0 Å². The lowest BCUT2D eigenvalue weighted by molar-refractivity contribution is -0.137. The molecule has 0 aromatic heterocycles. The minimum Gasteiger partial charge on any atom is -0.481 e. The maximum Gasteiger partial charge on any atom is 0.303 e. The fourth-order valence-electron chi connectivity index (χ4n) is 3.82. The van der Waals surface area contributed by atoms with E-state index in [9.17, 15) is 14.7 Å². The van der Waals surface area contributed by atoms with Crippen LogP contribution in [0.2, 0.25) is 0 Å². The van der Waals surface area contributed by atoms with Gasteiger partial charge in [-0.3, -0.25) is 9.59 Å². The molecule has 1 aromatic rings. The van der Waals surface area contributed by atoms with Crippen molar-refractivity contribution in [1.29, 1.82) is 0 Å². The summed E-state index contributed by atoms with van der Waals surface area (Å²) < 4.78 is 0. The number of carboxylic acids is 1. The first-order chi connectivity index (χ1) is 13.1. The molecular weight excluding hydrogens is 342 g/mol. The van der Waals surface area contributed by atoms with Crippen molar-refractivity contribution in [3.63, 3.8) is 0 Å². The number of carbonyl (C=O) groups excluding carboxylic acids is 1. The summed E-state index contributed by atoms with van der Waals surface area (Å²) in [7, 11) is 0. The lowest BCUT2D eigenvalue weighted by Crippen LogP contribution is -2.34. The molecule has 1 aliphatic heterocycles. The van der Waals surface area contributed by atoms with Crippen molar-refractivity contribution in [3.8, 4) is 0 Å². The van der Waals surface area contributed by atoms with Crippen molar-refractivity contribution in [2.45, 2.75) is 82.8 Å². The van der Waals surface area contributed by atoms with Gasteiger partial charge in [-0.15, -0.1) is 0 Å². The first-order valence-electron chi connectivity index (χ1n) is 10.3. The molecule has 5 nitrogen and oxygen atoms in total. The number of aliphatic hydroxyl groups is 1. The van der Waals surface area contributed by atoms with E-state index in [-0.39, 0.29) is 24.5 Å². The summed E-state index contributed by atoms with van der Waals surface area (Å²) >= 11 is 0. The quantitative estimate of drug-likeness (QED) is 0.514. The largest absolute Gasteiger partial charge is 0.481 e. The summed E-state index contributed by atoms with van der Waals surface area (Å²) in [5, 5.41) is 18.9. The molecule has 27 heavy (non-hydrogen) atoms. The third-order valence-electron chi connectivity index (χ3n) is 5.43. The van der Waals surface area contributed by atoms with E-state index in [0.29, 0.717) is 12.8 Å². The minimum atomic E-state index is -0.740. The van der Waals surface area contributed by atoms with E-state index in [1.54, 1.807) is 0 Å². The van der Waals surface area contributed by atoms with Gasteiger partial charge in [0.2, 0.25) is 5.91 Å². The Hall–Kier alpha value is -1.88. The van der Waals surface area contributed by atoms with Crippen LogP contribution in [-0.4, -0.2) is 45.7 Å². The van der Waals surface area contributed by atoms with E-state index in [1.807, 2.05) is 23.1 Å². The zero-order chi connectivity index (χ0) is 19.5. The molecule has 1 amide bonds. The average Bonchev–Trinajstić information content (AvgIpc) is 3.01. The first-order valence-corrected chi connectivity index (χ1v) is 10.3. The maximum atomic E-state index is 12.1. The Morgan fingerprint density at radius 1 is 1.11 bits per heavy atom. The summed E-state index contributed by atoms with van der Waals surface area (Å²) in [5.74, 6) is -0.514. The van der Waals surface area contributed by atoms with Crippen molar-refractivity contribution in [2.75, 3.05) is 6.54 Å². The summed E-state index contributed by atoms with van der Waals surface area (Å²) in [5.41, 5.74) is 1.25. The van der Waals surface area contributed by atoms with Crippen LogP contribution in [0.1, 0.15) is 69.8 Å². The number of likely N-dealkylation sites (tertiary alicyclic amines) is 1. The number of unbranched alkanes of at least 4 members (excludes halogenated alkanes) is 3. The number of benzene rings is 1. The average molecular weight is 376 g/mol. The number of aliphatic carboxylic acids is 1. The Morgan fingerprint density at radius 3 is 2.59 bits per heavy atom. The molecule has 0 saturated carbocycles. The van der Waals surface area contributed by atoms with Crippen LogP contribution in [0.4, 0.5) is 0 Å². The van der Waals surface area contributed by atoms with Gasteiger partial charge in [-0.2, -0.15) is 0 Å². The predicted octanol–water partition coefficient (Wildman–Crippen LogP) is 3.79. The lowest BCUT2D eigenvalue weighted by atomic mass is 10.0. The minimum absolute atomic E-state index is 0.226. The van der Waals surface area contributed by atoms with E-state index in [4.69, 9.17) is 5.11 Å². The van der Waals surface area contributed by atoms with Crippen LogP contribution in [0.25, 0.3) is 0 Å². The molecule has 2 atom stereocenters. The Morgan fingerprint density at radius 2 is 1.85 bits per heavy atom. The number of aliphatic hydroxyl groups excluding tert-OH is 1. The standard InChI is InChI=1S/C22H33NO4/c24-20(14-11-18-8-4-3-5-9-18)15-12-19-13-16-21(25)23(19)17-7-2-1-6-10-22(26)27/h3-5,8-9,19-20,24H,1-2,6-7,10-17H2,(H,26,27). The molecule has 1 aliphatic rings. The third-order valence-corrected chi connectivity index (χ3v) is 5.43. The number of hydrogen-bond acceptors (Lipinski definition) is 3. The molecule has 1 heterocycles. The van der Waals surface area contributed by atoms with Gasteiger partial charge in [0.05, 0.1) is 6.10 Å². The number of carboxylic acid groups (broad SMARTS) is 1. The Labute approximate surface area is 162 Å². The summed E-state index contributed by atoms with van der Waals surface area (Å²) in [6, 6.07) is 10.5. The zero-order valence-electron chi connectivity index (χ0n) is 16.2. The number of hydrogen-bond donors (Lipinski definition) is 2. The van der Waals surface area contributed by atoms with Crippen LogP contribution in [0.5, 0.6) is 0 Å². The Balaban J connectivity index is 1.63. The molecule has 5 heteroatoms. The second-order valence-electron chi connectivity index (χ2n) is 7.59. The molecule has 0 aliphatic carbocycles. The Bertz CT molecular complexity index is 575. The fourth-order valence-corrected chi connectivity index (χ4v) is 3.82. The van der Waals surface area contributed by atoms with Crippen molar-refractivity contribution in [2.24, 2.45) is 0 Å². The highest BCUT2D eigenvalue weighted by molar-refractivity contribution is 5.78. The number of amides is 1. The van der Waals surface area contributed by atoms with Gasteiger partial charge in [-0.1, -0.05) is 43.2 Å². The molecule has 1 fully saturated rings. The number of nitrogens with zero attached hydrogens (tertiary/aromatic N) is 1. The van der Waals surface area contributed by atoms with E-state index < -0.39 is 5.97 Å².